The molecule has 0 spiro atoms. The van der Waals surface area contributed by atoms with Crippen LogP contribution < -0.4 is 21.3 Å². The summed E-state index contributed by atoms with van der Waals surface area (Å²) >= 11 is 0. The third kappa shape index (κ3) is 8.92. The highest BCUT2D eigenvalue weighted by molar-refractivity contribution is 5.98. The third-order valence-corrected chi connectivity index (χ3v) is 4.70. The molecular formula is C22H36N4O4. The van der Waals surface area contributed by atoms with Crippen LogP contribution >= 0.6 is 0 Å². The first-order valence-electron chi connectivity index (χ1n) is 10.6. The van der Waals surface area contributed by atoms with Crippen LogP contribution in [0.4, 0.5) is 5.69 Å². The Bertz CT molecular complexity index is 676. The van der Waals surface area contributed by atoms with Gasteiger partial charge >= 0.3 is 0 Å². The molecule has 0 saturated heterocycles. The van der Waals surface area contributed by atoms with Gasteiger partial charge in [-0.15, -0.1) is 0 Å². The number of hydrogen-bond donors (Lipinski definition) is 5. The summed E-state index contributed by atoms with van der Waals surface area (Å²) in [7, 11) is 1.83. The Morgan fingerprint density at radius 2 is 1.70 bits per heavy atom. The van der Waals surface area contributed by atoms with Gasteiger partial charge in [0.25, 0.3) is 0 Å². The normalized spacial score (nSPS) is 12.9. The van der Waals surface area contributed by atoms with Crippen LogP contribution in [0.1, 0.15) is 52.0 Å². The van der Waals surface area contributed by atoms with E-state index in [4.69, 9.17) is 5.11 Å². The second-order valence-electron chi connectivity index (χ2n) is 7.69. The summed E-state index contributed by atoms with van der Waals surface area (Å²) in [4.78, 5) is 37.7. The van der Waals surface area contributed by atoms with Gasteiger partial charge in [-0.05, 0) is 56.5 Å². The van der Waals surface area contributed by atoms with Gasteiger partial charge in [-0.1, -0.05) is 32.9 Å². The lowest BCUT2D eigenvalue weighted by atomic mass is 10.0. The Hall–Kier alpha value is -2.45. The number of carbonyl (C=O) groups excluding carboxylic acids is 3. The van der Waals surface area contributed by atoms with Crippen LogP contribution in [0.15, 0.2) is 24.3 Å². The molecule has 0 aliphatic rings. The van der Waals surface area contributed by atoms with E-state index in [0.29, 0.717) is 37.9 Å². The zero-order chi connectivity index (χ0) is 22.5. The Balaban J connectivity index is 2.86. The Morgan fingerprint density at radius 3 is 2.23 bits per heavy atom. The Labute approximate surface area is 179 Å². The van der Waals surface area contributed by atoms with E-state index >= 15 is 0 Å². The molecule has 168 valence electrons. The minimum absolute atomic E-state index is 0.0722. The Kier molecular flexibility index (Phi) is 11.7. The predicted molar refractivity (Wildman–Crippen MR) is 118 cm³/mol. The van der Waals surface area contributed by atoms with Crippen LogP contribution in [0.25, 0.3) is 0 Å². The molecule has 1 unspecified atom stereocenters. The van der Waals surface area contributed by atoms with Crippen molar-refractivity contribution in [2.24, 2.45) is 5.92 Å². The van der Waals surface area contributed by atoms with Gasteiger partial charge < -0.3 is 26.4 Å². The first kappa shape index (κ1) is 25.6. The van der Waals surface area contributed by atoms with Crippen molar-refractivity contribution in [1.82, 2.24) is 16.0 Å². The number of benzene rings is 1. The van der Waals surface area contributed by atoms with Crippen molar-refractivity contribution >= 4 is 23.4 Å². The first-order valence-corrected chi connectivity index (χ1v) is 10.6. The van der Waals surface area contributed by atoms with E-state index in [9.17, 15) is 14.4 Å². The molecule has 0 radical (unpaired) electrons. The fraction of sp³-hybridized carbons (Fsp3) is 0.591. The van der Waals surface area contributed by atoms with E-state index in [1.54, 1.807) is 24.3 Å². The molecule has 0 saturated carbocycles. The summed E-state index contributed by atoms with van der Waals surface area (Å²) in [6.45, 7) is 6.26. The smallest absolute Gasteiger partial charge is 0.246 e. The van der Waals surface area contributed by atoms with E-state index in [1.165, 1.54) is 0 Å². The van der Waals surface area contributed by atoms with Crippen molar-refractivity contribution in [3.8, 4) is 0 Å². The van der Waals surface area contributed by atoms with Gasteiger partial charge in [0.2, 0.25) is 17.7 Å². The van der Waals surface area contributed by atoms with Gasteiger partial charge in [-0.25, -0.2) is 0 Å². The number of amides is 3. The topological polar surface area (TPSA) is 120 Å². The highest BCUT2D eigenvalue weighted by Crippen LogP contribution is 2.12. The van der Waals surface area contributed by atoms with Gasteiger partial charge in [0.05, 0.1) is 6.61 Å². The maximum Gasteiger partial charge on any atom is 0.246 e. The lowest BCUT2D eigenvalue weighted by Gasteiger charge is -2.25. The average molecular weight is 421 g/mol. The summed E-state index contributed by atoms with van der Waals surface area (Å²) in [6.07, 6.45) is 2.21. The molecule has 2 atom stereocenters. The molecular weight excluding hydrogens is 384 g/mol. The fourth-order valence-corrected chi connectivity index (χ4v) is 2.94. The lowest BCUT2D eigenvalue weighted by Crippen LogP contribution is -2.54. The number of carbonyl (C=O) groups is 3. The van der Waals surface area contributed by atoms with Gasteiger partial charge in [-0.3, -0.25) is 14.4 Å². The first-order chi connectivity index (χ1) is 14.3. The molecule has 0 bridgehead atoms. The molecule has 8 nitrogen and oxygen atoms in total. The van der Waals surface area contributed by atoms with Crippen molar-refractivity contribution in [1.29, 1.82) is 0 Å². The van der Waals surface area contributed by atoms with Crippen LogP contribution in [0.5, 0.6) is 0 Å². The van der Waals surface area contributed by atoms with Crippen molar-refractivity contribution in [3.05, 3.63) is 29.8 Å². The molecule has 0 heterocycles. The number of anilines is 1. The van der Waals surface area contributed by atoms with Crippen molar-refractivity contribution < 1.29 is 19.5 Å². The lowest BCUT2D eigenvalue weighted by molar-refractivity contribution is -0.132. The molecule has 8 heteroatoms. The second-order valence-corrected chi connectivity index (χ2v) is 7.69. The SMILES string of the molecule is CCCC(=O)NC(C(=O)N[C@@H](CCCNC)C(=O)Nc1ccc(CO)cc1)C(C)C. The van der Waals surface area contributed by atoms with Crippen LogP contribution in [-0.4, -0.2) is 48.5 Å². The molecule has 0 aromatic heterocycles. The standard InChI is InChI=1S/C22H36N4O4/c1-5-7-19(28)26-20(15(2)3)22(30)25-18(8-6-13-23-4)21(29)24-17-11-9-16(14-27)10-12-17/h9-12,15,18,20,23,27H,5-8,13-14H2,1-4H3,(H,24,29)(H,25,30)(H,26,28)/t18-,20?/m0/s1. The van der Waals surface area contributed by atoms with Crippen LogP contribution in [0, 0.1) is 5.92 Å². The second kappa shape index (κ2) is 13.7. The zero-order valence-electron chi connectivity index (χ0n) is 18.5. The minimum atomic E-state index is -0.729. The predicted octanol–water partition coefficient (Wildman–Crippen LogP) is 1.54. The van der Waals surface area contributed by atoms with E-state index < -0.39 is 12.1 Å². The minimum Gasteiger partial charge on any atom is -0.392 e. The van der Waals surface area contributed by atoms with Crippen molar-refractivity contribution in [2.45, 2.75) is 65.1 Å². The number of hydrogen-bond acceptors (Lipinski definition) is 5. The van der Waals surface area contributed by atoms with Crippen LogP contribution in [-0.2, 0) is 21.0 Å². The maximum absolute atomic E-state index is 12.9. The summed E-state index contributed by atoms with van der Waals surface area (Å²) in [5, 5.41) is 20.6. The third-order valence-electron chi connectivity index (χ3n) is 4.70. The Morgan fingerprint density at radius 1 is 1.03 bits per heavy atom. The molecule has 5 N–H and O–H groups in total. The van der Waals surface area contributed by atoms with Gasteiger partial charge in [0, 0.05) is 12.1 Å². The van der Waals surface area contributed by atoms with Gasteiger partial charge in [-0.2, -0.15) is 0 Å². The zero-order valence-corrected chi connectivity index (χ0v) is 18.5. The molecule has 0 aliphatic carbocycles. The van der Waals surface area contributed by atoms with E-state index in [1.807, 2.05) is 27.8 Å². The number of rotatable bonds is 13. The number of nitrogens with one attached hydrogen (secondary N) is 4. The molecule has 1 aromatic carbocycles. The van der Waals surface area contributed by atoms with Crippen molar-refractivity contribution in [3.63, 3.8) is 0 Å². The van der Waals surface area contributed by atoms with E-state index in [-0.39, 0.29) is 30.2 Å². The fourth-order valence-electron chi connectivity index (χ4n) is 2.94. The molecule has 0 fully saturated rings. The summed E-state index contributed by atoms with van der Waals surface area (Å²) in [5.41, 5.74) is 1.33. The molecule has 1 aromatic rings. The summed E-state index contributed by atoms with van der Waals surface area (Å²) in [6, 6.07) is 5.43. The monoisotopic (exact) mass is 420 g/mol. The van der Waals surface area contributed by atoms with Gasteiger partial charge in [0.15, 0.2) is 0 Å². The van der Waals surface area contributed by atoms with E-state index in [2.05, 4.69) is 21.3 Å². The van der Waals surface area contributed by atoms with Crippen molar-refractivity contribution in [2.75, 3.05) is 18.9 Å². The van der Waals surface area contributed by atoms with Crippen LogP contribution in [0.2, 0.25) is 0 Å². The quantitative estimate of drug-likeness (QED) is 0.310. The molecule has 1 rings (SSSR count). The number of aliphatic hydroxyl groups excluding tert-OH is 1. The van der Waals surface area contributed by atoms with Crippen LogP contribution in [0.3, 0.4) is 0 Å². The summed E-state index contributed by atoms with van der Waals surface area (Å²) in [5.74, 6) is -0.974. The largest absolute Gasteiger partial charge is 0.392 e. The van der Waals surface area contributed by atoms with Gasteiger partial charge in [0.1, 0.15) is 12.1 Å². The average Bonchev–Trinajstić information content (AvgIpc) is 2.71. The summed E-state index contributed by atoms with van der Waals surface area (Å²) < 4.78 is 0. The molecule has 30 heavy (non-hydrogen) atoms. The number of aliphatic hydroxyl groups is 1. The highest BCUT2D eigenvalue weighted by Gasteiger charge is 2.28. The van der Waals surface area contributed by atoms with E-state index in [0.717, 1.165) is 5.56 Å². The molecule has 3 amide bonds. The highest BCUT2D eigenvalue weighted by atomic mass is 16.3. The maximum atomic E-state index is 12.9. The molecule has 0 aliphatic heterocycles.